The third-order valence-corrected chi connectivity index (χ3v) is 3.01. The minimum absolute atomic E-state index is 0.0806. The van der Waals surface area contributed by atoms with Crippen molar-refractivity contribution in [2.75, 3.05) is 45.4 Å². The minimum Gasteiger partial charge on any atom is -0.372 e. The molecule has 0 aromatic rings. The fourth-order valence-electron chi connectivity index (χ4n) is 1.37. The third kappa shape index (κ3) is 13.8. The molecule has 20 heavy (non-hydrogen) atoms. The van der Waals surface area contributed by atoms with Gasteiger partial charge in [-0.05, 0) is 31.3 Å². The maximum Gasteiger partial charge on any atom is 0.411 e. The quantitative estimate of drug-likeness (QED) is 0.369. The molecule has 0 saturated heterocycles. The molecule has 0 unspecified atom stereocenters. The SMILES string of the molecule is CN=C(NCCCCSC)NCCCOCC(F)(F)F. The third-order valence-electron chi connectivity index (χ3n) is 2.31. The normalized spacial score (nSPS) is 12.6. The molecule has 2 N–H and O–H groups in total. The van der Waals surface area contributed by atoms with Gasteiger partial charge in [0.05, 0.1) is 0 Å². The van der Waals surface area contributed by atoms with E-state index in [-0.39, 0.29) is 6.61 Å². The Kier molecular flexibility index (Phi) is 11.8. The molecule has 0 rings (SSSR count). The van der Waals surface area contributed by atoms with Gasteiger partial charge in [0.25, 0.3) is 0 Å². The molecule has 0 atom stereocenters. The minimum atomic E-state index is -4.25. The topological polar surface area (TPSA) is 45.7 Å². The maximum atomic E-state index is 11.8. The second kappa shape index (κ2) is 12.1. The van der Waals surface area contributed by atoms with E-state index in [4.69, 9.17) is 0 Å². The Morgan fingerprint density at radius 2 is 1.80 bits per heavy atom. The van der Waals surface area contributed by atoms with Crippen LogP contribution in [0.3, 0.4) is 0 Å². The average molecular weight is 315 g/mol. The van der Waals surface area contributed by atoms with Crippen LogP contribution in [0.2, 0.25) is 0 Å². The van der Waals surface area contributed by atoms with Crippen molar-refractivity contribution < 1.29 is 17.9 Å². The van der Waals surface area contributed by atoms with Crippen LogP contribution in [-0.4, -0.2) is 57.5 Å². The van der Waals surface area contributed by atoms with E-state index in [1.807, 2.05) is 11.8 Å². The van der Waals surface area contributed by atoms with Crippen LogP contribution in [-0.2, 0) is 4.74 Å². The molecule has 0 aliphatic rings. The summed E-state index contributed by atoms with van der Waals surface area (Å²) in [6.45, 7) is 0.264. The van der Waals surface area contributed by atoms with Crippen molar-refractivity contribution in [3.8, 4) is 0 Å². The molecular formula is C12H24F3N3OS. The van der Waals surface area contributed by atoms with Crippen LogP contribution in [0.1, 0.15) is 19.3 Å². The summed E-state index contributed by atoms with van der Waals surface area (Å²) in [5, 5.41) is 6.18. The molecule has 0 aromatic carbocycles. The first-order valence-electron chi connectivity index (χ1n) is 6.57. The van der Waals surface area contributed by atoms with Gasteiger partial charge in [-0.25, -0.2) is 0 Å². The second-order valence-electron chi connectivity index (χ2n) is 4.15. The molecule has 4 nitrogen and oxygen atoms in total. The molecule has 0 fully saturated rings. The number of aliphatic imine (C=N–C) groups is 1. The number of halogens is 3. The molecule has 0 saturated carbocycles. The zero-order chi connectivity index (χ0) is 15.3. The molecule has 0 aromatic heterocycles. The van der Waals surface area contributed by atoms with Gasteiger partial charge in [-0.1, -0.05) is 0 Å². The summed E-state index contributed by atoms with van der Waals surface area (Å²) in [7, 11) is 1.66. The van der Waals surface area contributed by atoms with Crippen molar-refractivity contribution in [1.29, 1.82) is 0 Å². The molecule has 8 heteroatoms. The number of ether oxygens (including phenoxy) is 1. The highest BCUT2D eigenvalue weighted by atomic mass is 32.2. The Morgan fingerprint density at radius 3 is 2.35 bits per heavy atom. The molecule has 0 aliphatic heterocycles. The first-order chi connectivity index (χ1) is 9.49. The summed E-state index contributed by atoms with van der Waals surface area (Å²) in [6, 6.07) is 0. The van der Waals surface area contributed by atoms with E-state index in [1.54, 1.807) is 7.05 Å². The van der Waals surface area contributed by atoms with E-state index in [0.717, 1.165) is 25.1 Å². The van der Waals surface area contributed by atoms with E-state index in [2.05, 4.69) is 26.6 Å². The van der Waals surface area contributed by atoms with Gasteiger partial charge >= 0.3 is 6.18 Å². The van der Waals surface area contributed by atoms with Crippen LogP contribution in [0.15, 0.2) is 4.99 Å². The molecule has 0 bridgehead atoms. The van der Waals surface area contributed by atoms with E-state index < -0.39 is 12.8 Å². The van der Waals surface area contributed by atoms with Crippen LogP contribution in [0.4, 0.5) is 13.2 Å². The number of nitrogens with zero attached hydrogens (tertiary/aromatic N) is 1. The number of guanidine groups is 1. The highest BCUT2D eigenvalue weighted by molar-refractivity contribution is 7.98. The lowest BCUT2D eigenvalue weighted by Crippen LogP contribution is -2.38. The van der Waals surface area contributed by atoms with Gasteiger partial charge in [0.1, 0.15) is 6.61 Å². The largest absolute Gasteiger partial charge is 0.411 e. The number of alkyl halides is 3. The Hall–Kier alpha value is -0.630. The fraction of sp³-hybridized carbons (Fsp3) is 0.917. The van der Waals surface area contributed by atoms with E-state index in [9.17, 15) is 13.2 Å². The predicted octanol–water partition coefficient (Wildman–Crippen LogP) is 2.26. The van der Waals surface area contributed by atoms with E-state index in [0.29, 0.717) is 18.9 Å². The Morgan fingerprint density at radius 1 is 1.15 bits per heavy atom. The fourth-order valence-corrected chi connectivity index (χ4v) is 1.86. The summed E-state index contributed by atoms with van der Waals surface area (Å²) in [5.74, 6) is 1.81. The maximum absolute atomic E-state index is 11.8. The summed E-state index contributed by atoms with van der Waals surface area (Å²) >= 11 is 1.82. The van der Waals surface area contributed by atoms with E-state index >= 15 is 0 Å². The number of nitrogens with one attached hydrogen (secondary N) is 2. The van der Waals surface area contributed by atoms with Crippen molar-refractivity contribution in [3.63, 3.8) is 0 Å². The van der Waals surface area contributed by atoms with Crippen LogP contribution in [0, 0.1) is 0 Å². The van der Waals surface area contributed by atoms with Crippen LogP contribution < -0.4 is 10.6 Å². The first kappa shape index (κ1) is 19.4. The smallest absolute Gasteiger partial charge is 0.372 e. The lowest BCUT2D eigenvalue weighted by atomic mass is 10.3. The first-order valence-corrected chi connectivity index (χ1v) is 7.97. The number of hydrogen-bond acceptors (Lipinski definition) is 3. The number of thioether (sulfide) groups is 1. The van der Waals surface area contributed by atoms with Crippen LogP contribution in [0.25, 0.3) is 0 Å². The van der Waals surface area contributed by atoms with Gasteiger partial charge in [-0.15, -0.1) is 0 Å². The van der Waals surface area contributed by atoms with Crippen LogP contribution >= 0.6 is 11.8 Å². The van der Waals surface area contributed by atoms with Crippen molar-refractivity contribution in [3.05, 3.63) is 0 Å². The Bertz CT molecular complexity index is 263. The summed E-state index contributed by atoms with van der Waals surface area (Å²) in [6.07, 6.45) is 0.548. The number of rotatable bonds is 10. The predicted molar refractivity (Wildman–Crippen MR) is 78.5 cm³/mol. The van der Waals surface area contributed by atoms with Crippen molar-refractivity contribution in [1.82, 2.24) is 10.6 Å². The highest BCUT2D eigenvalue weighted by Gasteiger charge is 2.27. The molecule has 0 amide bonds. The molecule has 0 heterocycles. The number of hydrogen-bond donors (Lipinski definition) is 2. The summed E-state index contributed by atoms with van der Waals surface area (Å²) < 4.78 is 39.9. The van der Waals surface area contributed by atoms with Gasteiger partial charge in [0.15, 0.2) is 5.96 Å². The monoisotopic (exact) mass is 315 g/mol. The van der Waals surface area contributed by atoms with Gasteiger partial charge in [0, 0.05) is 26.7 Å². The van der Waals surface area contributed by atoms with Gasteiger partial charge in [0.2, 0.25) is 0 Å². The van der Waals surface area contributed by atoms with Gasteiger partial charge < -0.3 is 15.4 Å². The van der Waals surface area contributed by atoms with E-state index in [1.165, 1.54) is 0 Å². The van der Waals surface area contributed by atoms with Crippen LogP contribution in [0.5, 0.6) is 0 Å². The highest BCUT2D eigenvalue weighted by Crippen LogP contribution is 2.14. The zero-order valence-electron chi connectivity index (χ0n) is 12.1. The molecule has 0 spiro atoms. The lowest BCUT2D eigenvalue weighted by Gasteiger charge is -2.12. The molecule has 0 radical (unpaired) electrons. The van der Waals surface area contributed by atoms with Crippen molar-refractivity contribution >= 4 is 17.7 Å². The summed E-state index contributed by atoms with van der Waals surface area (Å²) in [4.78, 5) is 4.03. The van der Waals surface area contributed by atoms with Crippen molar-refractivity contribution in [2.24, 2.45) is 4.99 Å². The second-order valence-corrected chi connectivity index (χ2v) is 5.13. The lowest BCUT2D eigenvalue weighted by molar-refractivity contribution is -0.173. The molecule has 120 valence electrons. The molecule has 0 aliphatic carbocycles. The van der Waals surface area contributed by atoms with Gasteiger partial charge in [-0.2, -0.15) is 24.9 Å². The molecular weight excluding hydrogens is 291 g/mol. The standard InChI is InChI=1S/C12H24F3N3OS/c1-16-11(17-6-3-4-9-20-2)18-7-5-8-19-10-12(13,14)15/h3-10H2,1-2H3,(H2,16,17,18). The zero-order valence-corrected chi connectivity index (χ0v) is 12.9. The van der Waals surface area contributed by atoms with Crippen molar-refractivity contribution in [2.45, 2.75) is 25.4 Å². The number of unbranched alkanes of at least 4 members (excludes halogenated alkanes) is 1. The Labute approximate surface area is 122 Å². The summed E-state index contributed by atoms with van der Waals surface area (Å²) in [5.41, 5.74) is 0. The average Bonchev–Trinajstić information content (AvgIpc) is 2.38. The van der Waals surface area contributed by atoms with Gasteiger partial charge in [-0.3, -0.25) is 4.99 Å². The Balaban J connectivity index is 3.47.